The van der Waals surface area contributed by atoms with Crippen LogP contribution in [0.1, 0.15) is 39.2 Å². The standard InChI is InChI=1S/C15H24N2O/c1-4-7-12-8-5-6-9-14(12)17-15(18)10-13(16)11(2)3/h5-6,8-9,11,13H,4,7,10,16H2,1-3H3,(H,17,18). The fourth-order valence-corrected chi connectivity index (χ4v) is 1.78. The zero-order chi connectivity index (χ0) is 13.5. The molecule has 18 heavy (non-hydrogen) atoms. The normalized spacial score (nSPS) is 12.5. The number of para-hydroxylation sites is 1. The number of hydrogen-bond donors (Lipinski definition) is 2. The number of carbonyl (C=O) groups excluding carboxylic acids is 1. The molecule has 0 fully saturated rings. The van der Waals surface area contributed by atoms with Gasteiger partial charge in [0.1, 0.15) is 0 Å². The van der Waals surface area contributed by atoms with Gasteiger partial charge in [-0.15, -0.1) is 0 Å². The molecule has 1 aromatic carbocycles. The molecular formula is C15H24N2O. The van der Waals surface area contributed by atoms with Gasteiger partial charge in [0.25, 0.3) is 0 Å². The molecule has 0 heterocycles. The van der Waals surface area contributed by atoms with E-state index in [2.05, 4.69) is 18.3 Å². The third-order valence-electron chi connectivity index (χ3n) is 3.09. The number of carbonyl (C=O) groups is 1. The maximum atomic E-state index is 11.9. The zero-order valence-electron chi connectivity index (χ0n) is 11.6. The number of hydrogen-bond acceptors (Lipinski definition) is 2. The molecule has 0 spiro atoms. The van der Waals surface area contributed by atoms with E-state index in [1.165, 1.54) is 5.56 Å². The van der Waals surface area contributed by atoms with Gasteiger partial charge in [-0.2, -0.15) is 0 Å². The second kappa shape index (κ2) is 7.17. The van der Waals surface area contributed by atoms with Crippen LogP contribution in [0.3, 0.4) is 0 Å². The summed E-state index contributed by atoms with van der Waals surface area (Å²) in [7, 11) is 0. The van der Waals surface area contributed by atoms with E-state index in [0.717, 1.165) is 18.5 Å². The number of rotatable bonds is 6. The van der Waals surface area contributed by atoms with Crippen molar-refractivity contribution >= 4 is 11.6 Å². The molecule has 0 saturated carbocycles. The van der Waals surface area contributed by atoms with E-state index >= 15 is 0 Å². The predicted octanol–water partition coefficient (Wildman–Crippen LogP) is 2.95. The summed E-state index contributed by atoms with van der Waals surface area (Å²) in [6, 6.07) is 7.87. The lowest BCUT2D eigenvalue weighted by Gasteiger charge is -2.16. The Bertz CT molecular complexity index is 388. The Morgan fingerprint density at radius 3 is 2.61 bits per heavy atom. The van der Waals surface area contributed by atoms with Gasteiger partial charge in [-0.25, -0.2) is 0 Å². The molecule has 1 atom stereocenters. The van der Waals surface area contributed by atoms with Crippen LogP contribution in [-0.2, 0) is 11.2 Å². The zero-order valence-corrected chi connectivity index (χ0v) is 11.6. The number of anilines is 1. The van der Waals surface area contributed by atoms with Crippen LogP contribution in [0.5, 0.6) is 0 Å². The smallest absolute Gasteiger partial charge is 0.225 e. The van der Waals surface area contributed by atoms with Crippen LogP contribution in [0.25, 0.3) is 0 Å². The average Bonchev–Trinajstić information content (AvgIpc) is 2.31. The van der Waals surface area contributed by atoms with Gasteiger partial charge in [0.05, 0.1) is 0 Å². The Labute approximate surface area is 110 Å². The van der Waals surface area contributed by atoms with Gasteiger partial charge in [-0.05, 0) is 24.0 Å². The Hall–Kier alpha value is -1.35. The highest BCUT2D eigenvalue weighted by Crippen LogP contribution is 2.17. The van der Waals surface area contributed by atoms with Crippen LogP contribution >= 0.6 is 0 Å². The number of amides is 1. The van der Waals surface area contributed by atoms with Gasteiger partial charge in [-0.1, -0.05) is 45.4 Å². The van der Waals surface area contributed by atoms with Crippen molar-refractivity contribution in [3.8, 4) is 0 Å². The highest BCUT2D eigenvalue weighted by atomic mass is 16.1. The van der Waals surface area contributed by atoms with E-state index < -0.39 is 0 Å². The second-order valence-corrected chi connectivity index (χ2v) is 5.07. The van der Waals surface area contributed by atoms with E-state index in [1.807, 2.05) is 32.0 Å². The van der Waals surface area contributed by atoms with Crippen molar-refractivity contribution in [1.82, 2.24) is 0 Å². The first-order valence-corrected chi connectivity index (χ1v) is 6.68. The van der Waals surface area contributed by atoms with Crippen molar-refractivity contribution in [2.24, 2.45) is 11.7 Å². The molecule has 0 aromatic heterocycles. The first kappa shape index (κ1) is 14.7. The maximum Gasteiger partial charge on any atom is 0.225 e. The third-order valence-corrected chi connectivity index (χ3v) is 3.09. The summed E-state index contributed by atoms with van der Waals surface area (Å²) in [6.07, 6.45) is 2.42. The number of nitrogens with two attached hydrogens (primary N) is 1. The quantitative estimate of drug-likeness (QED) is 0.813. The van der Waals surface area contributed by atoms with Crippen molar-refractivity contribution in [3.05, 3.63) is 29.8 Å². The molecule has 0 saturated heterocycles. The number of nitrogens with one attached hydrogen (secondary N) is 1. The van der Waals surface area contributed by atoms with E-state index in [9.17, 15) is 4.79 Å². The molecule has 1 unspecified atom stereocenters. The van der Waals surface area contributed by atoms with Crippen molar-refractivity contribution in [3.63, 3.8) is 0 Å². The minimum absolute atomic E-state index is 0.000229. The Kier molecular flexibility index (Phi) is 5.86. The molecule has 100 valence electrons. The molecule has 3 N–H and O–H groups in total. The molecule has 0 bridgehead atoms. The number of aryl methyl sites for hydroxylation is 1. The second-order valence-electron chi connectivity index (χ2n) is 5.07. The van der Waals surface area contributed by atoms with Crippen LogP contribution in [-0.4, -0.2) is 11.9 Å². The van der Waals surface area contributed by atoms with Crippen LogP contribution < -0.4 is 11.1 Å². The monoisotopic (exact) mass is 248 g/mol. The fraction of sp³-hybridized carbons (Fsp3) is 0.533. The summed E-state index contributed by atoms with van der Waals surface area (Å²) in [5.74, 6) is 0.321. The van der Waals surface area contributed by atoms with Gasteiger partial charge < -0.3 is 11.1 Å². The van der Waals surface area contributed by atoms with E-state index in [4.69, 9.17) is 5.73 Å². The summed E-state index contributed by atoms with van der Waals surface area (Å²) in [6.45, 7) is 6.19. The van der Waals surface area contributed by atoms with Crippen molar-refractivity contribution < 1.29 is 4.79 Å². The van der Waals surface area contributed by atoms with Crippen LogP contribution in [0, 0.1) is 5.92 Å². The largest absolute Gasteiger partial charge is 0.327 e. The predicted molar refractivity (Wildman–Crippen MR) is 76.5 cm³/mol. The first-order chi connectivity index (χ1) is 8.54. The van der Waals surface area contributed by atoms with Crippen LogP contribution in [0.15, 0.2) is 24.3 Å². The molecule has 3 heteroatoms. The van der Waals surface area contributed by atoms with Crippen LogP contribution in [0.2, 0.25) is 0 Å². The maximum absolute atomic E-state index is 11.9. The highest BCUT2D eigenvalue weighted by Gasteiger charge is 2.13. The third kappa shape index (κ3) is 4.49. The average molecular weight is 248 g/mol. The van der Waals surface area contributed by atoms with Gasteiger partial charge in [0, 0.05) is 18.2 Å². The van der Waals surface area contributed by atoms with Gasteiger partial charge >= 0.3 is 0 Å². The Balaban J connectivity index is 2.64. The molecule has 1 aromatic rings. The first-order valence-electron chi connectivity index (χ1n) is 6.68. The lowest BCUT2D eigenvalue weighted by atomic mass is 10.0. The van der Waals surface area contributed by atoms with E-state index in [1.54, 1.807) is 0 Å². The summed E-state index contributed by atoms with van der Waals surface area (Å²) in [5, 5.41) is 2.96. The molecule has 0 aliphatic carbocycles. The Morgan fingerprint density at radius 1 is 1.33 bits per heavy atom. The number of benzene rings is 1. The van der Waals surface area contributed by atoms with Gasteiger partial charge in [0.15, 0.2) is 0 Å². The Morgan fingerprint density at radius 2 is 2.00 bits per heavy atom. The van der Waals surface area contributed by atoms with Crippen molar-refractivity contribution in [2.45, 2.75) is 46.1 Å². The fourth-order valence-electron chi connectivity index (χ4n) is 1.78. The van der Waals surface area contributed by atoms with E-state index in [0.29, 0.717) is 12.3 Å². The lowest BCUT2D eigenvalue weighted by molar-refractivity contribution is -0.116. The van der Waals surface area contributed by atoms with Crippen molar-refractivity contribution in [1.29, 1.82) is 0 Å². The topological polar surface area (TPSA) is 55.1 Å². The summed E-state index contributed by atoms with van der Waals surface area (Å²) in [5.41, 5.74) is 8.01. The summed E-state index contributed by atoms with van der Waals surface area (Å²) < 4.78 is 0. The molecule has 1 rings (SSSR count). The highest BCUT2D eigenvalue weighted by molar-refractivity contribution is 5.91. The molecule has 3 nitrogen and oxygen atoms in total. The minimum atomic E-state index is -0.0802. The van der Waals surface area contributed by atoms with Gasteiger partial charge in [-0.3, -0.25) is 4.79 Å². The molecular weight excluding hydrogens is 224 g/mol. The van der Waals surface area contributed by atoms with E-state index in [-0.39, 0.29) is 11.9 Å². The minimum Gasteiger partial charge on any atom is -0.327 e. The lowest BCUT2D eigenvalue weighted by Crippen LogP contribution is -2.31. The molecule has 1 amide bonds. The summed E-state index contributed by atoms with van der Waals surface area (Å²) in [4.78, 5) is 11.9. The van der Waals surface area contributed by atoms with Crippen molar-refractivity contribution in [2.75, 3.05) is 5.32 Å². The molecule has 0 radical (unpaired) electrons. The van der Waals surface area contributed by atoms with Crippen LogP contribution in [0.4, 0.5) is 5.69 Å². The molecule has 0 aliphatic rings. The summed E-state index contributed by atoms with van der Waals surface area (Å²) >= 11 is 0. The SMILES string of the molecule is CCCc1ccccc1NC(=O)CC(N)C(C)C. The van der Waals surface area contributed by atoms with Gasteiger partial charge in [0.2, 0.25) is 5.91 Å². The molecule has 0 aliphatic heterocycles.